The van der Waals surface area contributed by atoms with Gasteiger partial charge in [0.05, 0.1) is 5.25 Å². The maximum absolute atomic E-state index is 12.4. The summed E-state index contributed by atoms with van der Waals surface area (Å²) in [7, 11) is 0. The molecule has 1 aromatic heterocycles. The molecule has 1 atom stereocenters. The lowest BCUT2D eigenvalue weighted by molar-refractivity contribution is -0.115. The molecule has 0 saturated carbocycles. The summed E-state index contributed by atoms with van der Waals surface area (Å²) >= 11 is 1.26. The number of carbonyl (C=O) groups excluding carboxylic acids is 2. The van der Waals surface area contributed by atoms with E-state index in [2.05, 4.69) is 39.6 Å². The highest BCUT2D eigenvalue weighted by molar-refractivity contribution is 8.00. The first kappa shape index (κ1) is 19.6. The van der Waals surface area contributed by atoms with E-state index < -0.39 is 11.2 Å². The highest BCUT2D eigenvalue weighted by Crippen LogP contribution is 2.24. The molecule has 0 aliphatic carbocycles. The highest BCUT2D eigenvalue weighted by Gasteiger charge is 2.18. The Balaban J connectivity index is 1.60. The third-order valence-corrected chi connectivity index (χ3v) is 5.15. The zero-order valence-electron chi connectivity index (χ0n) is 15.6. The van der Waals surface area contributed by atoms with Gasteiger partial charge in [-0.25, -0.2) is 4.98 Å². The fraction of sp³-hybridized carbons (Fsp3) is 0.200. The summed E-state index contributed by atoms with van der Waals surface area (Å²) in [6.07, 6.45) is 0.982. The van der Waals surface area contributed by atoms with Crippen molar-refractivity contribution in [1.29, 1.82) is 0 Å². The van der Waals surface area contributed by atoms with Gasteiger partial charge < -0.3 is 11.1 Å². The van der Waals surface area contributed by atoms with Crippen LogP contribution in [0.4, 0.5) is 5.69 Å². The zero-order valence-corrected chi connectivity index (χ0v) is 16.4. The third kappa shape index (κ3) is 4.77. The molecule has 28 heavy (non-hydrogen) atoms. The number of amides is 2. The summed E-state index contributed by atoms with van der Waals surface area (Å²) in [5, 5.41) is 10.0. The number of hydrogen-bond acceptors (Lipinski definition) is 5. The molecule has 0 unspecified atom stereocenters. The number of hydrogen-bond donors (Lipinski definition) is 3. The summed E-state index contributed by atoms with van der Waals surface area (Å²) in [5.41, 5.74) is 8.40. The largest absolute Gasteiger partial charge is 0.366 e. The second-order valence-corrected chi connectivity index (χ2v) is 7.52. The number of thioether (sulfide) groups is 1. The predicted molar refractivity (Wildman–Crippen MR) is 110 cm³/mol. The number of aromatic nitrogens is 3. The molecular formula is C20H21N5O2S. The molecule has 7 nitrogen and oxygen atoms in total. The number of carbonyl (C=O) groups is 2. The van der Waals surface area contributed by atoms with Gasteiger partial charge >= 0.3 is 0 Å². The molecule has 2 amide bonds. The number of anilines is 1. The van der Waals surface area contributed by atoms with Crippen molar-refractivity contribution in [3.8, 4) is 11.4 Å². The van der Waals surface area contributed by atoms with Crippen LogP contribution in [0, 0.1) is 0 Å². The molecule has 0 spiro atoms. The number of primary amides is 1. The predicted octanol–water partition coefficient (Wildman–Crippen LogP) is 3.25. The number of nitrogens with zero attached hydrogens (tertiary/aromatic N) is 2. The van der Waals surface area contributed by atoms with Gasteiger partial charge in [-0.3, -0.25) is 14.7 Å². The Hall–Kier alpha value is -3.13. The Morgan fingerprint density at radius 2 is 1.82 bits per heavy atom. The van der Waals surface area contributed by atoms with E-state index in [-0.39, 0.29) is 5.91 Å². The van der Waals surface area contributed by atoms with E-state index in [0.29, 0.717) is 22.2 Å². The minimum absolute atomic E-state index is 0.185. The lowest BCUT2D eigenvalue weighted by Gasteiger charge is -2.10. The molecule has 0 saturated heterocycles. The molecule has 8 heteroatoms. The van der Waals surface area contributed by atoms with Gasteiger partial charge in [0.15, 0.2) is 5.82 Å². The molecule has 0 aliphatic heterocycles. The Bertz CT molecular complexity index is 967. The molecule has 4 N–H and O–H groups in total. The number of benzene rings is 2. The van der Waals surface area contributed by atoms with Crippen molar-refractivity contribution < 1.29 is 9.59 Å². The molecule has 3 aromatic rings. The molecular weight excluding hydrogens is 374 g/mol. The third-order valence-electron chi connectivity index (χ3n) is 4.19. The van der Waals surface area contributed by atoms with E-state index in [4.69, 9.17) is 5.73 Å². The summed E-state index contributed by atoms with van der Waals surface area (Å²) < 4.78 is 0. The molecule has 144 valence electrons. The van der Waals surface area contributed by atoms with Crippen molar-refractivity contribution in [1.82, 2.24) is 15.2 Å². The van der Waals surface area contributed by atoms with Gasteiger partial charge in [-0.15, -0.1) is 5.10 Å². The minimum atomic E-state index is -0.508. The van der Waals surface area contributed by atoms with Crippen LogP contribution in [0.3, 0.4) is 0 Å². The molecule has 0 bridgehead atoms. The van der Waals surface area contributed by atoms with E-state index in [0.717, 1.165) is 12.0 Å². The van der Waals surface area contributed by atoms with Crippen LogP contribution >= 0.6 is 11.8 Å². The van der Waals surface area contributed by atoms with Crippen molar-refractivity contribution in [3.05, 3.63) is 59.7 Å². The number of nitrogens with one attached hydrogen (secondary N) is 2. The van der Waals surface area contributed by atoms with Gasteiger partial charge in [-0.05, 0) is 43.2 Å². The standard InChI is InChI=1S/C20H21N5O2S/c1-3-13-4-6-15(7-5-13)18-23-20(25-24-18)28-12(2)19(27)22-16-10-8-14(9-11-16)17(21)26/h4-12H,3H2,1-2H3,(H2,21,26)(H,22,27)(H,23,24,25)/t12-/m0/s1. The second-order valence-electron chi connectivity index (χ2n) is 6.21. The van der Waals surface area contributed by atoms with Crippen LogP contribution in [0.1, 0.15) is 29.8 Å². The monoisotopic (exact) mass is 395 g/mol. The van der Waals surface area contributed by atoms with Crippen molar-refractivity contribution in [2.75, 3.05) is 5.32 Å². The lowest BCUT2D eigenvalue weighted by Crippen LogP contribution is -2.22. The Morgan fingerprint density at radius 3 is 2.43 bits per heavy atom. The maximum atomic E-state index is 12.4. The minimum Gasteiger partial charge on any atom is -0.366 e. The number of rotatable bonds is 7. The van der Waals surface area contributed by atoms with Crippen molar-refractivity contribution >= 4 is 29.3 Å². The fourth-order valence-electron chi connectivity index (χ4n) is 2.50. The number of aromatic amines is 1. The summed E-state index contributed by atoms with van der Waals surface area (Å²) in [6.45, 7) is 3.89. The fourth-order valence-corrected chi connectivity index (χ4v) is 3.22. The first-order valence-electron chi connectivity index (χ1n) is 8.85. The average Bonchev–Trinajstić information content (AvgIpc) is 3.17. The van der Waals surface area contributed by atoms with E-state index in [1.54, 1.807) is 31.2 Å². The van der Waals surface area contributed by atoms with Crippen LogP contribution in [0.2, 0.25) is 0 Å². The summed E-state index contributed by atoms with van der Waals surface area (Å²) in [4.78, 5) is 28.0. The first-order valence-corrected chi connectivity index (χ1v) is 9.73. The SMILES string of the molecule is CCc1ccc(-c2nc(S[C@@H](C)C(=O)Nc3ccc(C(N)=O)cc3)n[nH]2)cc1. The van der Waals surface area contributed by atoms with E-state index in [9.17, 15) is 9.59 Å². The smallest absolute Gasteiger partial charge is 0.248 e. The second kappa shape index (κ2) is 8.71. The van der Waals surface area contributed by atoms with Crippen molar-refractivity contribution in [3.63, 3.8) is 0 Å². The lowest BCUT2D eigenvalue weighted by atomic mass is 10.1. The molecule has 1 heterocycles. The van der Waals surface area contributed by atoms with Crippen LogP contribution in [0.25, 0.3) is 11.4 Å². The van der Waals surface area contributed by atoms with Crippen molar-refractivity contribution in [2.24, 2.45) is 5.73 Å². The van der Waals surface area contributed by atoms with Gasteiger partial charge in [0.2, 0.25) is 17.0 Å². The van der Waals surface area contributed by atoms with Gasteiger partial charge in [0, 0.05) is 16.8 Å². The first-order chi connectivity index (χ1) is 13.5. The zero-order chi connectivity index (χ0) is 20.1. The van der Waals surface area contributed by atoms with Gasteiger partial charge in [0.1, 0.15) is 0 Å². The Morgan fingerprint density at radius 1 is 1.14 bits per heavy atom. The van der Waals surface area contributed by atoms with E-state index in [1.165, 1.54) is 17.3 Å². The Labute approximate surface area is 167 Å². The summed E-state index contributed by atoms with van der Waals surface area (Å²) in [6, 6.07) is 14.5. The van der Waals surface area contributed by atoms with Crippen LogP contribution in [-0.4, -0.2) is 32.2 Å². The van der Waals surface area contributed by atoms with Gasteiger partial charge in [-0.2, -0.15) is 0 Å². The Kier molecular flexibility index (Phi) is 6.10. The van der Waals surface area contributed by atoms with E-state index >= 15 is 0 Å². The van der Waals surface area contributed by atoms with Crippen molar-refractivity contribution in [2.45, 2.75) is 30.7 Å². The molecule has 0 radical (unpaired) electrons. The van der Waals surface area contributed by atoms with Gasteiger partial charge in [-0.1, -0.05) is 43.0 Å². The van der Waals surface area contributed by atoms with Gasteiger partial charge in [0.25, 0.3) is 0 Å². The van der Waals surface area contributed by atoms with E-state index in [1.807, 2.05) is 12.1 Å². The van der Waals surface area contributed by atoms with Crippen LogP contribution < -0.4 is 11.1 Å². The van der Waals surface area contributed by atoms with Crippen LogP contribution in [-0.2, 0) is 11.2 Å². The van der Waals surface area contributed by atoms with Crippen LogP contribution in [0.15, 0.2) is 53.7 Å². The highest BCUT2D eigenvalue weighted by atomic mass is 32.2. The molecule has 3 rings (SSSR count). The quantitative estimate of drug-likeness (QED) is 0.531. The molecule has 2 aromatic carbocycles. The summed E-state index contributed by atoms with van der Waals surface area (Å²) in [5.74, 6) is -0.0261. The van der Waals surface area contributed by atoms with Crippen LogP contribution in [0.5, 0.6) is 0 Å². The molecule has 0 aliphatic rings. The number of nitrogens with two attached hydrogens (primary N) is 1. The maximum Gasteiger partial charge on any atom is 0.248 e. The topological polar surface area (TPSA) is 114 Å². The normalized spacial score (nSPS) is 11.8. The average molecular weight is 395 g/mol. The number of H-pyrrole nitrogens is 1. The molecule has 0 fully saturated rings. The number of aryl methyl sites for hydroxylation is 1.